The molecule has 0 spiro atoms. The zero-order valence-electron chi connectivity index (χ0n) is 16.1. The van der Waals surface area contributed by atoms with E-state index in [0.717, 1.165) is 30.4 Å². The summed E-state index contributed by atoms with van der Waals surface area (Å²) in [5, 5.41) is 0. The van der Waals surface area contributed by atoms with E-state index in [4.69, 9.17) is 14.2 Å². The fourth-order valence-electron chi connectivity index (χ4n) is 3.74. The van der Waals surface area contributed by atoms with Crippen LogP contribution in [-0.2, 0) is 11.2 Å². The molecule has 2 aromatic carbocycles. The van der Waals surface area contributed by atoms with Crippen LogP contribution >= 0.6 is 0 Å². The number of hydrogen-bond acceptors (Lipinski definition) is 4. The molecule has 1 heterocycles. The Bertz CT molecular complexity index is 864. The molecule has 1 saturated carbocycles. The normalized spacial score (nSPS) is 18.4. The summed E-state index contributed by atoms with van der Waals surface area (Å²) in [6, 6.07) is 9.64. The molecule has 1 aliphatic heterocycles. The van der Waals surface area contributed by atoms with Crippen molar-refractivity contribution >= 4 is 5.91 Å². The lowest BCUT2D eigenvalue weighted by molar-refractivity contribution is -0.136. The third-order valence-corrected chi connectivity index (χ3v) is 5.43. The van der Waals surface area contributed by atoms with Crippen molar-refractivity contribution in [1.82, 2.24) is 4.90 Å². The molecule has 148 valence electrons. The summed E-state index contributed by atoms with van der Waals surface area (Å²) in [6.45, 7) is 0.946. The molecule has 0 aromatic heterocycles. The summed E-state index contributed by atoms with van der Waals surface area (Å²) in [4.78, 5) is 14.8. The highest BCUT2D eigenvalue weighted by atomic mass is 19.1. The summed E-state index contributed by atoms with van der Waals surface area (Å²) in [5.41, 5.74) is 2.14. The van der Waals surface area contributed by atoms with Crippen LogP contribution < -0.4 is 14.2 Å². The van der Waals surface area contributed by atoms with Crippen molar-refractivity contribution in [2.75, 3.05) is 27.4 Å². The van der Waals surface area contributed by atoms with Gasteiger partial charge in [-0.2, -0.15) is 0 Å². The first-order valence-electron chi connectivity index (χ1n) is 9.54. The molecule has 0 radical (unpaired) electrons. The lowest BCUT2D eigenvalue weighted by Gasteiger charge is -2.37. The van der Waals surface area contributed by atoms with Crippen molar-refractivity contribution < 1.29 is 23.4 Å². The van der Waals surface area contributed by atoms with E-state index in [9.17, 15) is 9.18 Å². The minimum Gasteiger partial charge on any atom is -0.493 e. The van der Waals surface area contributed by atoms with E-state index >= 15 is 0 Å². The van der Waals surface area contributed by atoms with Crippen molar-refractivity contribution in [2.45, 2.75) is 25.3 Å². The average molecular weight is 385 g/mol. The molecule has 0 saturated heterocycles. The topological polar surface area (TPSA) is 48.0 Å². The van der Waals surface area contributed by atoms with Crippen LogP contribution in [-0.4, -0.2) is 38.2 Å². The molecule has 1 amide bonds. The number of carbonyl (C=O) groups excluding carboxylic acids is 1. The smallest absolute Gasteiger partial charge is 0.226 e. The van der Waals surface area contributed by atoms with Crippen molar-refractivity contribution in [1.29, 1.82) is 0 Å². The molecule has 0 bridgehead atoms. The number of rotatable bonds is 6. The molecule has 1 atom stereocenters. The Morgan fingerprint density at radius 1 is 1.11 bits per heavy atom. The van der Waals surface area contributed by atoms with Crippen molar-refractivity contribution in [3.05, 3.63) is 53.3 Å². The van der Waals surface area contributed by atoms with Gasteiger partial charge in [-0.1, -0.05) is 0 Å². The maximum absolute atomic E-state index is 13.2. The van der Waals surface area contributed by atoms with Gasteiger partial charge in [0.05, 0.1) is 20.3 Å². The van der Waals surface area contributed by atoms with Crippen LogP contribution in [0, 0.1) is 11.7 Å². The Labute approximate surface area is 164 Å². The second kappa shape index (κ2) is 7.70. The van der Waals surface area contributed by atoms with Crippen LogP contribution in [0.5, 0.6) is 17.2 Å². The number of amides is 1. The van der Waals surface area contributed by atoms with Gasteiger partial charge >= 0.3 is 0 Å². The minimum atomic E-state index is -0.308. The van der Waals surface area contributed by atoms with E-state index in [2.05, 4.69) is 0 Å². The molecule has 0 N–H and O–H groups in total. The summed E-state index contributed by atoms with van der Waals surface area (Å²) in [5.74, 6) is 1.91. The zero-order valence-corrected chi connectivity index (χ0v) is 16.1. The number of benzene rings is 2. The zero-order chi connectivity index (χ0) is 19.7. The largest absolute Gasteiger partial charge is 0.493 e. The third-order valence-electron chi connectivity index (χ3n) is 5.43. The van der Waals surface area contributed by atoms with E-state index in [1.54, 1.807) is 26.4 Å². The summed E-state index contributed by atoms with van der Waals surface area (Å²) < 4.78 is 30.0. The maximum atomic E-state index is 13.2. The first-order chi connectivity index (χ1) is 13.6. The van der Waals surface area contributed by atoms with Crippen LogP contribution in [0.3, 0.4) is 0 Å². The Balaban J connectivity index is 1.65. The van der Waals surface area contributed by atoms with Gasteiger partial charge in [0.25, 0.3) is 0 Å². The molecule has 6 heteroatoms. The predicted octanol–water partition coefficient (Wildman–Crippen LogP) is 3.76. The molecule has 2 aromatic rings. The van der Waals surface area contributed by atoms with E-state index in [0.29, 0.717) is 30.4 Å². The van der Waals surface area contributed by atoms with E-state index in [1.807, 2.05) is 17.0 Å². The second-order valence-electron chi connectivity index (χ2n) is 7.24. The lowest BCUT2D eigenvalue weighted by atomic mass is 9.91. The molecule has 4 rings (SSSR count). The van der Waals surface area contributed by atoms with Gasteiger partial charge in [0.15, 0.2) is 11.5 Å². The van der Waals surface area contributed by atoms with E-state index < -0.39 is 0 Å². The highest BCUT2D eigenvalue weighted by Gasteiger charge is 2.39. The fraction of sp³-hybridized carbons (Fsp3) is 0.409. The molecule has 5 nitrogen and oxygen atoms in total. The minimum absolute atomic E-state index is 0.134. The van der Waals surface area contributed by atoms with Crippen LogP contribution in [0.15, 0.2) is 36.4 Å². The van der Waals surface area contributed by atoms with Crippen molar-refractivity contribution in [2.24, 2.45) is 5.92 Å². The third kappa shape index (κ3) is 3.63. The number of carbonyl (C=O) groups is 1. The Kier molecular flexibility index (Phi) is 5.11. The SMILES string of the molecule is COc1cc2c(cc1OC)C(COc1ccc(F)cc1)N(C(=O)C1CC1)CC2. The number of halogens is 1. The van der Waals surface area contributed by atoms with Gasteiger partial charge in [-0.05, 0) is 66.8 Å². The second-order valence-corrected chi connectivity index (χ2v) is 7.24. The van der Waals surface area contributed by atoms with Crippen LogP contribution in [0.4, 0.5) is 4.39 Å². The van der Waals surface area contributed by atoms with Gasteiger partial charge in [0.1, 0.15) is 18.2 Å². The molecule has 28 heavy (non-hydrogen) atoms. The first kappa shape index (κ1) is 18.6. The fourth-order valence-corrected chi connectivity index (χ4v) is 3.74. The van der Waals surface area contributed by atoms with Gasteiger partial charge in [-0.15, -0.1) is 0 Å². The van der Waals surface area contributed by atoms with Crippen LogP contribution in [0.25, 0.3) is 0 Å². The Morgan fingerprint density at radius 3 is 2.43 bits per heavy atom. The van der Waals surface area contributed by atoms with Gasteiger partial charge in [-0.3, -0.25) is 4.79 Å². The molecular formula is C22H24FNO4. The van der Waals surface area contributed by atoms with Gasteiger partial charge < -0.3 is 19.1 Å². The Hall–Kier alpha value is -2.76. The van der Waals surface area contributed by atoms with Crippen LogP contribution in [0.1, 0.15) is 30.0 Å². The average Bonchev–Trinajstić information content (AvgIpc) is 3.56. The number of nitrogens with zero attached hydrogens (tertiary/aromatic N) is 1. The molecule has 1 unspecified atom stereocenters. The lowest BCUT2D eigenvalue weighted by Crippen LogP contribution is -2.43. The van der Waals surface area contributed by atoms with Gasteiger partial charge in [0.2, 0.25) is 5.91 Å². The maximum Gasteiger partial charge on any atom is 0.226 e. The number of ether oxygens (including phenoxy) is 3. The Morgan fingerprint density at radius 2 is 1.79 bits per heavy atom. The highest BCUT2D eigenvalue weighted by Crippen LogP contribution is 2.41. The van der Waals surface area contributed by atoms with Crippen molar-refractivity contribution in [3.8, 4) is 17.2 Å². The monoisotopic (exact) mass is 385 g/mol. The predicted molar refractivity (Wildman–Crippen MR) is 102 cm³/mol. The summed E-state index contributed by atoms with van der Waals surface area (Å²) in [7, 11) is 3.22. The summed E-state index contributed by atoms with van der Waals surface area (Å²) >= 11 is 0. The molecule has 1 aliphatic carbocycles. The van der Waals surface area contributed by atoms with Crippen molar-refractivity contribution in [3.63, 3.8) is 0 Å². The van der Waals surface area contributed by atoms with Crippen LogP contribution in [0.2, 0.25) is 0 Å². The summed E-state index contributed by atoms with van der Waals surface area (Å²) in [6.07, 6.45) is 2.68. The molecule has 1 fully saturated rings. The van der Waals surface area contributed by atoms with Gasteiger partial charge in [-0.25, -0.2) is 4.39 Å². The van der Waals surface area contributed by atoms with E-state index in [-0.39, 0.29) is 23.7 Å². The van der Waals surface area contributed by atoms with E-state index in [1.165, 1.54) is 12.1 Å². The number of fused-ring (bicyclic) bond motifs is 1. The number of hydrogen-bond donors (Lipinski definition) is 0. The highest BCUT2D eigenvalue weighted by molar-refractivity contribution is 5.82. The van der Waals surface area contributed by atoms with Gasteiger partial charge in [0, 0.05) is 12.5 Å². The quantitative estimate of drug-likeness (QED) is 0.760. The number of methoxy groups -OCH3 is 2. The first-order valence-corrected chi connectivity index (χ1v) is 9.54. The molecular weight excluding hydrogens is 361 g/mol. The molecule has 2 aliphatic rings. The standard InChI is InChI=1S/C22H24FNO4/c1-26-20-11-15-9-10-24(22(25)14-3-4-14)19(18(15)12-21(20)27-2)13-28-17-7-5-16(23)6-8-17/h5-8,11-12,14,19H,3-4,9-10,13H2,1-2H3.